The molecule has 0 aliphatic carbocycles. The van der Waals surface area contributed by atoms with E-state index in [4.69, 9.17) is 4.74 Å². The maximum atomic E-state index is 12.3. The normalized spacial score (nSPS) is 16.1. The molecule has 98 valence electrons. The van der Waals surface area contributed by atoms with Gasteiger partial charge in [0.2, 0.25) is 0 Å². The summed E-state index contributed by atoms with van der Waals surface area (Å²) in [6.45, 7) is 6.46. The quantitative estimate of drug-likeness (QED) is 0.872. The zero-order valence-corrected chi connectivity index (χ0v) is 10.8. The summed E-state index contributed by atoms with van der Waals surface area (Å²) in [5.41, 5.74) is 1.45. The third-order valence-electron chi connectivity index (χ3n) is 3.19. The minimum absolute atomic E-state index is 0.0141. The summed E-state index contributed by atoms with van der Waals surface area (Å²) in [5, 5.41) is 9.75. The van der Waals surface area contributed by atoms with Crippen molar-refractivity contribution in [2.24, 2.45) is 0 Å². The molecule has 1 aromatic rings. The number of hydrogen-bond donors (Lipinski definition) is 1. The molecule has 0 atom stereocenters. The van der Waals surface area contributed by atoms with E-state index in [1.54, 1.807) is 23.1 Å². The number of hydrogen-bond acceptors (Lipinski definition) is 3. The van der Waals surface area contributed by atoms with Gasteiger partial charge in [-0.1, -0.05) is 13.8 Å². The second kappa shape index (κ2) is 5.40. The molecule has 4 nitrogen and oxygen atoms in total. The molecule has 1 aliphatic rings. The van der Waals surface area contributed by atoms with Crippen molar-refractivity contribution >= 4 is 5.91 Å². The van der Waals surface area contributed by atoms with Gasteiger partial charge in [0.15, 0.2) is 0 Å². The standard InChI is InChI=1S/C14H19NO3/c1-10(2)12-9-11(3-4-13(12)16)14(17)15-5-7-18-8-6-15/h3-4,9-10,16H,5-8H2,1-2H3. The number of benzene rings is 1. The number of carbonyl (C=O) groups is 1. The Labute approximate surface area is 107 Å². The van der Waals surface area contributed by atoms with Crippen LogP contribution in [0.1, 0.15) is 35.7 Å². The number of nitrogens with zero attached hydrogens (tertiary/aromatic N) is 1. The molecule has 2 rings (SSSR count). The van der Waals surface area contributed by atoms with Gasteiger partial charge in [-0.3, -0.25) is 4.79 Å². The lowest BCUT2D eigenvalue weighted by Gasteiger charge is -2.27. The van der Waals surface area contributed by atoms with Crippen molar-refractivity contribution in [3.8, 4) is 5.75 Å². The molecule has 1 aliphatic heterocycles. The summed E-state index contributed by atoms with van der Waals surface area (Å²) >= 11 is 0. The fourth-order valence-electron chi connectivity index (χ4n) is 2.10. The number of morpholine rings is 1. The maximum absolute atomic E-state index is 12.3. The van der Waals surface area contributed by atoms with Gasteiger partial charge < -0.3 is 14.7 Å². The Morgan fingerprint density at radius 3 is 2.61 bits per heavy atom. The van der Waals surface area contributed by atoms with Gasteiger partial charge in [0.25, 0.3) is 5.91 Å². The van der Waals surface area contributed by atoms with Crippen molar-refractivity contribution in [2.45, 2.75) is 19.8 Å². The molecular formula is C14H19NO3. The van der Waals surface area contributed by atoms with Crippen molar-refractivity contribution in [1.82, 2.24) is 4.90 Å². The van der Waals surface area contributed by atoms with Crippen LogP contribution in [0.3, 0.4) is 0 Å². The van der Waals surface area contributed by atoms with Crippen LogP contribution in [0.4, 0.5) is 0 Å². The number of aromatic hydroxyl groups is 1. The first-order chi connectivity index (χ1) is 8.59. The minimum atomic E-state index is 0.0141. The fraction of sp³-hybridized carbons (Fsp3) is 0.500. The third-order valence-corrected chi connectivity index (χ3v) is 3.19. The molecule has 0 spiro atoms. The highest BCUT2D eigenvalue weighted by Crippen LogP contribution is 2.26. The largest absolute Gasteiger partial charge is 0.508 e. The molecule has 0 bridgehead atoms. The lowest BCUT2D eigenvalue weighted by Crippen LogP contribution is -2.40. The van der Waals surface area contributed by atoms with Gasteiger partial charge in [0.1, 0.15) is 5.75 Å². The van der Waals surface area contributed by atoms with Crippen LogP contribution in [-0.4, -0.2) is 42.2 Å². The maximum Gasteiger partial charge on any atom is 0.254 e. The van der Waals surface area contributed by atoms with Crippen LogP contribution in [0.15, 0.2) is 18.2 Å². The lowest BCUT2D eigenvalue weighted by atomic mass is 9.99. The number of rotatable bonds is 2. The van der Waals surface area contributed by atoms with Crippen LogP contribution in [-0.2, 0) is 4.74 Å². The van der Waals surface area contributed by atoms with E-state index in [0.29, 0.717) is 31.9 Å². The van der Waals surface area contributed by atoms with Crippen LogP contribution in [0.5, 0.6) is 5.75 Å². The number of phenols is 1. The van der Waals surface area contributed by atoms with Gasteiger partial charge in [-0.25, -0.2) is 0 Å². The number of carbonyl (C=O) groups excluding carboxylic acids is 1. The summed E-state index contributed by atoms with van der Waals surface area (Å²) in [4.78, 5) is 14.1. The Morgan fingerprint density at radius 2 is 2.00 bits per heavy atom. The monoisotopic (exact) mass is 249 g/mol. The number of phenolic OH excluding ortho intramolecular Hbond substituents is 1. The van der Waals surface area contributed by atoms with Gasteiger partial charge in [-0.2, -0.15) is 0 Å². The topological polar surface area (TPSA) is 49.8 Å². The molecule has 18 heavy (non-hydrogen) atoms. The van der Waals surface area contributed by atoms with Gasteiger partial charge in [0.05, 0.1) is 13.2 Å². The van der Waals surface area contributed by atoms with Crippen molar-refractivity contribution in [3.63, 3.8) is 0 Å². The highest BCUT2D eigenvalue weighted by Gasteiger charge is 2.19. The van der Waals surface area contributed by atoms with E-state index in [1.807, 2.05) is 13.8 Å². The molecule has 1 N–H and O–H groups in total. The van der Waals surface area contributed by atoms with E-state index in [0.717, 1.165) is 5.56 Å². The predicted octanol–water partition coefficient (Wildman–Crippen LogP) is 1.99. The zero-order chi connectivity index (χ0) is 13.1. The Hall–Kier alpha value is -1.55. The van der Waals surface area contributed by atoms with Gasteiger partial charge in [-0.15, -0.1) is 0 Å². The smallest absolute Gasteiger partial charge is 0.254 e. The average molecular weight is 249 g/mol. The molecule has 1 aromatic carbocycles. The minimum Gasteiger partial charge on any atom is -0.508 e. The molecule has 0 saturated carbocycles. The fourth-order valence-corrected chi connectivity index (χ4v) is 2.10. The van der Waals surface area contributed by atoms with Crippen LogP contribution in [0.2, 0.25) is 0 Å². The Morgan fingerprint density at radius 1 is 1.33 bits per heavy atom. The first-order valence-electron chi connectivity index (χ1n) is 6.29. The Balaban J connectivity index is 2.22. The Bertz CT molecular complexity index is 437. The van der Waals surface area contributed by atoms with Crippen LogP contribution in [0.25, 0.3) is 0 Å². The Kier molecular flexibility index (Phi) is 3.87. The second-order valence-electron chi connectivity index (χ2n) is 4.83. The van der Waals surface area contributed by atoms with Crippen LogP contribution >= 0.6 is 0 Å². The average Bonchev–Trinajstić information content (AvgIpc) is 2.39. The molecule has 1 saturated heterocycles. The summed E-state index contributed by atoms with van der Waals surface area (Å²) < 4.78 is 5.23. The van der Waals surface area contributed by atoms with E-state index < -0.39 is 0 Å². The zero-order valence-electron chi connectivity index (χ0n) is 10.8. The van der Waals surface area contributed by atoms with E-state index in [2.05, 4.69) is 0 Å². The van der Waals surface area contributed by atoms with Crippen LogP contribution < -0.4 is 0 Å². The molecule has 0 unspecified atom stereocenters. The second-order valence-corrected chi connectivity index (χ2v) is 4.83. The number of ether oxygens (including phenoxy) is 1. The molecule has 1 amide bonds. The van der Waals surface area contributed by atoms with Crippen molar-refractivity contribution in [2.75, 3.05) is 26.3 Å². The molecule has 1 heterocycles. The molecule has 0 radical (unpaired) electrons. The summed E-state index contributed by atoms with van der Waals surface area (Å²) in [6.07, 6.45) is 0. The molecule has 0 aromatic heterocycles. The van der Waals surface area contributed by atoms with Gasteiger partial charge in [-0.05, 0) is 29.7 Å². The first kappa shape index (κ1) is 12.9. The number of amides is 1. The molecular weight excluding hydrogens is 230 g/mol. The van der Waals surface area contributed by atoms with Crippen molar-refractivity contribution < 1.29 is 14.6 Å². The summed E-state index contributed by atoms with van der Waals surface area (Å²) in [5.74, 6) is 0.464. The van der Waals surface area contributed by atoms with E-state index in [1.165, 1.54) is 0 Å². The molecule has 1 fully saturated rings. The van der Waals surface area contributed by atoms with E-state index in [-0.39, 0.29) is 17.6 Å². The highest BCUT2D eigenvalue weighted by molar-refractivity contribution is 5.94. The first-order valence-corrected chi connectivity index (χ1v) is 6.29. The van der Waals surface area contributed by atoms with Gasteiger partial charge >= 0.3 is 0 Å². The summed E-state index contributed by atoms with van der Waals surface area (Å²) in [6, 6.07) is 5.07. The SMILES string of the molecule is CC(C)c1cc(C(=O)N2CCOCC2)ccc1O. The predicted molar refractivity (Wildman–Crippen MR) is 68.9 cm³/mol. The highest BCUT2D eigenvalue weighted by atomic mass is 16.5. The van der Waals surface area contributed by atoms with Crippen molar-refractivity contribution in [1.29, 1.82) is 0 Å². The van der Waals surface area contributed by atoms with Gasteiger partial charge in [0, 0.05) is 18.7 Å². The lowest BCUT2D eigenvalue weighted by molar-refractivity contribution is 0.0303. The van der Waals surface area contributed by atoms with Crippen LogP contribution in [0, 0.1) is 0 Å². The third kappa shape index (κ3) is 2.64. The summed E-state index contributed by atoms with van der Waals surface area (Å²) in [7, 11) is 0. The molecule has 4 heteroatoms. The van der Waals surface area contributed by atoms with E-state index in [9.17, 15) is 9.90 Å². The van der Waals surface area contributed by atoms with Crippen molar-refractivity contribution in [3.05, 3.63) is 29.3 Å². The van der Waals surface area contributed by atoms with E-state index >= 15 is 0 Å².